The molecule has 0 amide bonds. The van der Waals surface area contributed by atoms with Crippen molar-refractivity contribution in [1.82, 2.24) is 10.2 Å². The molecule has 0 spiro atoms. The van der Waals surface area contributed by atoms with Gasteiger partial charge in [0, 0.05) is 13.2 Å². The molecule has 1 aromatic rings. The first kappa shape index (κ1) is 13.2. The number of ether oxygens (including phenoxy) is 1. The lowest BCUT2D eigenvalue weighted by Crippen LogP contribution is -2.22. The maximum Gasteiger partial charge on any atom is 0.118 e. The Morgan fingerprint density at radius 2 is 2.12 bits per heavy atom. The molecule has 0 saturated carbocycles. The lowest BCUT2D eigenvalue weighted by Gasteiger charge is -2.14. The molecule has 16 heavy (non-hydrogen) atoms. The Labute approximate surface area is 97.6 Å². The monoisotopic (exact) mass is 226 g/mol. The van der Waals surface area contributed by atoms with Crippen molar-refractivity contribution in [3.05, 3.63) is 23.7 Å². The summed E-state index contributed by atoms with van der Waals surface area (Å²) in [7, 11) is 3.98. The number of hydrogen-bond acceptors (Lipinski definition) is 4. The number of furan rings is 1. The standard InChI is InChI=1S/C12H22N2O2/c1-4-15-8-7-14(3)10-12-6-5-11(16-12)9-13-2/h5-6,13H,4,7-10H2,1-3H3. The van der Waals surface area contributed by atoms with E-state index < -0.39 is 0 Å². The molecule has 4 nitrogen and oxygen atoms in total. The van der Waals surface area contributed by atoms with Gasteiger partial charge in [-0.15, -0.1) is 0 Å². The Kier molecular flexibility index (Phi) is 6.15. The Morgan fingerprint density at radius 1 is 1.38 bits per heavy atom. The minimum atomic E-state index is 0.775. The van der Waals surface area contributed by atoms with E-state index in [1.54, 1.807) is 0 Å². The van der Waals surface area contributed by atoms with Crippen LogP contribution in [0.4, 0.5) is 0 Å². The average Bonchev–Trinajstić information content (AvgIpc) is 2.66. The summed E-state index contributed by atoms with van der Waals surface area (Å²) in [5.41, 5.74) is 0. The highest BCUT2D eigenvalue weighted by Crippen LogP contribution is 2.09. The van der Waals surface area contributed by atoms with Gasteiger partial charge < -0.3 is 14.5 Å². The lowest BCUT2D eigenvalue weighted by molar-refractivity contribution is 0.118. The summed E-state index contributed by atoms with van der Waals surface area (Å²) in [5, 5.41) is 3.07. The van der Waals surface area contributed by atoms with Crippen molar-refractivity contribution >= 4 is 0 Å². The van der Waals surface area contributed by atoms with Crippen LogP contribution in [0, 0.1) is 0 Å². The third-order valence-electron chi connectivity index (χ3n) is 2.32. The first-order chi connectivity index (χ1) is 7.76. The molecular formula is C12H22N2O2. The quantitative estimate of drug-likeness (QED) is 0.681. The molecule has 0 aliphatic carbocycles. The first-order valence-corrected chi connectivity index (χ1v) is 5.74. The van der Waals surface area contributed by atoms with Gasteiger partial charge in [0.05, 0.1) is 19.7 Å². The van der Waals surface area contributed by atoms with E-state index in [0.717, 1.165) is 44.4 Å². The van der Waals surface area contributed by atoms with Gasteiger partial charge in [-0.1, -0.05) is 0 Å². The highest BCUT2D eigenvalue weighted by Gasteiger charge is 2.04. The summed E-state index contributed by atoms with van der Waals surface area (Å²) >= 11 is 0. The van der Waals surface area contributed by atoms with Crippen LogP contribution in [-0.2, 0) is 17.8 Å². The third-order valence-corrected chi connectivity index (χ3v) is 2.32. The fraction of sp³-hybridized carbons (Fsp3) is 0.667. The summed E-state index contributed by atoms with van der Waals surface area (Å²) in [6.45, 7) is 6.10. The Balaban J connectivity index is 2.28. The molecule has 1 N–H and O–H groups in total. The predicted octanol–water partition coefficient (Wildman–Crippen LogP) is 1.47. The van der Waals surface area contributed by atoms with Crippen molar-refractivity contribution in [2.75, 3.05) is 33.9 Å². The van der Waals surface area contributed by atoms with Crippen molar-refractivity contribution in [3.8, 4) is 0 Å². The zero-order chi connectivity index (χ0) is 11.8. The molecule has 0 radical (unpaired) electrons. The van der Waals surface area contributed by atoms with Gasteiger partial charge in [0.1, 0.15) is 11.5 Å². The number of nitrogens with zero attached hydrogens (tertiary/aromatic N) is 1. The van der Waals surface area contributed by atoms with Crippen LogP contribution in [-0.4, -0.2) is 38.8 Å². The predicted molar refractivity (Wildman–Crippen MR) is 64.3 cm³/mol. The van der Waals surface area contributed by atoms with Crippen LogP contribution < -0.4 is 5.32 Å². The van der Waals surface area contributed by atoms with Gasteiger partial charge in [0.25, 0.3) is 0 Å². The molecule has 0 saturated heterocycles. The van der Waals surface area contributed by atoms with Crippen LogP contribution in [0.5, 0.6) is 0 Å². The molecule has 0 aliphatic heterocycles. The summed E-state index contributed by atoms with van der Waals surface area (Å²) in [6, 6.07) is 4.05. The highest BCUT2D eigenvalue weighted by molar-refractivity contribution is 5.06. The van der Waals surface area contributed by atoms with Crippen LogP contribution >= 0.6 is 0 Å². The number of likely N-dealkylation sites (N-methyl/N-ethyl adjacent to an activating group) is 1. The second kappa shape index (κ2) is 7.44. The summed E-state index contributed by atoms with van der Waals surface area (Å²) in [4.78, 5) is 2.19. The van der Waals surface area contributed by atoms with Crippen LogP contribution in [0.2, 0.25) is 0 Å². The van der Waals surface area contributed by atoms with Crippen molar-refractivity contribution in [3.63, 3.8) is 0 Å². The number of nitrogens with one attached hydrogen (secondary N) is 1. The van der Waals surface area contributed by atoms with Crippen molar-refractivity contribution in [2.24, 2.45) is 0 Å². The fourth-order valence-corrected chi connectivity index (χ4v) is 1.49. The molecule has 1 rings (SSSR count). The van der Waals surface area contributed by atoms with E-state index in [1.165, 1.54) is 0 Å². The van der Waals surface area contributed by atoms with Crippen LogP contribution in [0.1, 0.15) is 18.4 Å². The Morgan fingerprint density at radius 3 is 2.81 bits per heavy atom. The van der Waals surface area contributed by atoms with Gasteiger partial charge in [-0.2, -0.15) is 0 Å². The molecule has 0 atom stereocenters. The Hall–Kier alpha value is -0.840. The third kappa shape index (κ3) is 4.79. The number of hydrogen-bond donors (Lipinski definition) is 1. The topological polar surface area (TPSA) is 37.6 Å². The summed E-state index contributed by atoms with van der Waals surface area (Å²) in [6.07, 6.45) is 0. The Bertz CT molecular complexity index is 286. The van der Waals surface area contributed by atoms with Crippen LogP contribution in [0.3, 0.4) is 0 Å². The second-order valence-electron chi connectivity index (χ2n) is 3.83. The number of rotatable bonds is 8. The minimum Gasteiger partial charge on any atom is -0.463 e. The normalized spacial score (nSPS) is 11.2. The first-order valence-electron chi connectivity index (χ1n) is 5.74. The second-order valence-corrected chi connectivity index (χ2v) is 3.83. The SMILES string of the molecule is CCOCCN(C)Cc1ccc(CNC)o1. The minimum absolute atomic E-state index is 0.775. The average molecular weight is 226 g/mol. The van der Waals surface area contributed by atoms with Gasteiger partial charge >= 0.3 is 0 Å². The molecule has 92 valence electrons. The van der Waals surface area contributed by atoms with E-state index in [-0.39, 0.29) is 0 Å². The van der Waals surface area contributed by atoms with E-state index in [1.807, 2.05) is 26.1 Å². The van der Waals surface area contributed by atoms with E-state index in [9.17, 15) is 0 Å². The summed E-state index contributed by atoms with van der Waals surface area (Å²) in [5.74, 6) is 1.99. The lowest BCUT2D eigenvalue weighted by atomic mass is 10.4. The van der Waals surface area contributed by atoms with Crippen molar-refractivity contribution in [1.29, 1.82) is 0 Å². The molecule has 4 heteroatoms. The molecular weight excluding hydrogens is 204 g/mol. The van der Waals surface area contributed by atoms with Crippen molar-refractivity contribution < 1.29 is 9.15 Å². The highest BCUT2D eigenvalue weighted by atomic mass is 16.5. The molecule has 0 bridgehead atoms. The molecule has 0 unspecified atom stereocenters. The van der Waals surface area contributed by atoms with E-state index in [2.05, 4.69) is 17.3 Å². The van der Waals surface area contributed by atoms with Crippen LogP contribution in [0.15, 0.2) is 16.5 Å². The zero-order valence-corrected chi connectivity index (χ0v) is 10.5. The zero-order valence-electron chi connectivity index (χ0n) is 10.5. The van der Waals surface area contributed by atoms with Crippen molar-refractivity contribution in [2.45, 2.75) is 20.0 Å². The van der Waals surface area contributed by atoms with E-state index in [0.29, 0.717) is 0 Å². The van der Waals surface area contributed by atoms with Gasteiger partial charge in [-0.25, -0.2) is 0 Å². The maximum atomic E-state index is 5.66. The summed E-state index contributed by atoms with van der Waals surface area (Å²) < 4.78 is 11.0. The van der Waals surface area contributed by atoms with Crippen LogP contribution in [0.25, 0.3) is 0 Å². The molecule has 0 aliphatic rings. The van der Waals surface area contributed by atoms with Gasteiger partial charge in [0.15, 0.2) is 0 Å². The maximum absolute atomic E-state index is 5.66. The molecule has 0 fully saturated rings. The van der Waals surface area contributed by atoms with Gasteiger partial charge in [-0.3, -0.25) is 4.90 Å². The van der Waals surface area contributed by atoms with Gasteiger partial charge in [-0.05, 0) is 33.2 Å². The smallest absolute Gasteiger partial charge is 0.118 e. The largest absolute Gasteiger partial charge is 0.463 e. The van der Waals surface area contributed by atoms with E-state index >= 15 is 0 Å². The van der Waals surface area contributed by atoms with Gasteiger partial charge in [0.2, 0.25) is 0 Å². The molecule has 1 heterocycles. The molecule has 0 aromatic carbocycles. The fourth-order valence-electron chi connectivity index (χ4n) is 1.49. The van der Waals surface area contributed by atoms with E-state index in [4.69, 9.17) is 9.15 Å². The molecule has 1 aromatic heterocycles.